The molecule has 0 aliphatic heterocycles. The minimum Gasteiger partial charge on any atom is -0.467 e. The van der Waals surface area contributed by atoms with Crippen molar-refractivity contribution in [3.8, 4) is 6.07 Å². The summed E-state index contributed by atoms with van der Waals surface area (Å²) >= 11 is 0. The topological polar surface area (TPSA) is 92.1 Å². The molecule has 2 aromatic rings. The third-order valence-electron chi connectivity index (χ3n) is 3.56. The maximum atomic E-state index is 12.4. The molecule has 0 radical (unpaired) electrons. The lowest BCUT2D eigenvalue weighted by molar-refractivity contribution is -0.144. The summed E-state index contributed by atoms with van der Waals surface area (Å²) in [5, 5.41) is 12.3. The SMILES string of the molecule is COC(=O)[C@H](NC(=O)c1ccc2ccccc2n1)[C@@H](C)CC#N. The molecule has 0 aliphatic rings. The second-order valence-electron chi connectivity index (χ2n) is 5.20. The van der Waals surface area contributed by atoms with E-state index in [1.807, 2.05) is 30.3 Å². The zero-order valence-electron chi connectivity index (χ0n) is 12.9. The van der Waals surface area contributed by atoms with Crippen molar-refractivity contribution in [2.24, 2.45) is 5.92 Å². The Bertz CT molecular complexity index is 767. The summed E-state index contributed by atoms with van der Waals surface area (Å²) in [7, 11) is 1.24. The first-order chi connectivity index (χ1) is 11.1. The summed E-state index contributed by atoms with van der Waals surface area (Å²) in [6.07, 6.45) is 0.130. The molecule has 2 atom stereocenters. The summed E-state index contributed by atoms with van der Waals surface area (Å²) in [5.41, 5.74) is 0.904. The highest BCUT2D eigenvalue weighted by Crippen LogP contribution is 2.13. The highest BCUT2D eigenvalue weighted by molar-refractivity contribution is 5.97. The summed E-state index contributed by atoms with van der Waals surface area (Å²) in [4.78, 5) is 28.5. The largest absolute Gasteiger partial charge is 0.467 e. The van der Waals surface area contributed by atoms with Crippen molar-refractivity contribution in [1.29, 1.82) is 5.26 Å². The fourth-order valence-corrected chi connectivity index (χ4v) is 2.23. The summed E-state index contributed by atoms with van der Waals surface area (Å²) in [6, 6.07) is 11.9. The first-order valence-corrected chi connectivity index (χ1v) is 7.18. The van der Waals surface area contributed by atoms with Crippen molar-refractivity contribution in [3.63, 3.8) is 0 Å². The molecule has 2 rings (SSSR count). The summed E-state index contributed by atoms with van der Waals surface area (Å²) < 4.78 is 4.70. The number of nitrogens with zero attached hydrogens (tertiary/aromatic N) is 2. The number of nitriles is 1. The fraction of sp³-hybridized carbons (Fsp3) is 0.294. The molecule has 1 heterocycles. The third-order valence-corrected chi connectivity index (χ3v) is 3.56. The number of ether oxygens (including phenoxy) is 1. The standard InChI is InChI=1S/C17H17N3O3/c1-11(9-10-18)15(17(22)23-2)20-16(21)14-8-7-12-5-3-4-6-13(12)19-14/h3-8,11,15H,9H2,1-2H3,(H,20,21)/t11-,15+/m0/s1. The third kappa shape index (κ3) is 3.83. The molecule has 1 aromatic heterocycles. The van der Waals surface area contributed by atoms with Gasteiger partial charge >= 0.3 is 5.97 Å². The van der Waals surface area contributed by atoms with Crippen molar-refractivity contribution in [1.82, 2.24) is 10.3 Å². The maximum Gasteiger partial charge on any atom is 0.328 e. The number of rotatable bonds is 5. The van der Waals surface area contributed by atoms with Gasteiger partial charge in [0.05, 0.1) is 18.7 Å². The number of pyridine rings is 1. The number of hydrogen-bond donors (Lipinski definition) is 1. The zero-order valence-corrected chi connectivity index (χ0v) is 12.9. The van der Waals surface area contributed by atoms with E-state index in [1.165, 1.54) is 7.11 Å². The quantitative estimate of drug-likeness (QED) is 0.853. The molecule has 0 saturated heterocycles. The number of aromatic nitrogens is 1. The molecule has 0 unspecified atom stereocenters. The Kier molecular flexibility index (Phi) is 5.26. The second kappa shape index (κ2) is 7.36. The van der Waals surface area contributed by atoms with Gasteiger partial charge in [-0.25, -0.2) is 9.78 Å². The van der Waals surface area contributed by atoms with Crippen LogP contribution in [-0.2, 0) is 9.53 Å². The highest BCUT2D eigenvalue weighted by Gasteiger charge is 2.28. The van der Waals surface area contributed by atoms with Crippen LogP contribution in [0.1, 0.15) is 23.8 Å². The first-order valence-electron chi connectivity index (χ1n) is 7.18. The van der Waals surface area contributed by atoms with Crippen LogP contribution in [0.2, 0.25) is 0 Å². The van der Waals surface area contributed by atoms with Gasteiger partial charge in [-0.15, -0.1) is 0 Å². The molecule has 6 heteroatoms. The van der Waals surface area contributed by atoms with Crippen LogP contribution in [-0.4, -0.2) is 30.0 Å². The molecule has 0 bridgehead atoms. The van der Waals surface area contributed by atoms with Crippen molar-refractivity contribution >= 4 is 22.8 Å². The van der Waals surface area contributed by atoms with Gasteiger partial charge in [0.25, 0.3) is 5.91 Å². The lowest BCUT2D eigenvalue weighted by atomic mass is 9.99. The van der Waals surface area contributed by atoms with E-state index in [2.05, 4.69) is 10.3 Å². The Morgan fingerprint density at radius 1 is 1.30 bits per heavy atom. The Hall–Kier alpha value is -2.94. The van der Waals surface area contributed by atoms with E-state index in [0.717, 1.165) is 5.39 Å². The maximum absolute atomic E-state index is 12.4. The Balaban J connectivity index is 2.22. The van der Waals surface area contributed by atoms with Crippen LogP contribution in [0.15, 0.2) is 36.4 Å². The van der Waals surface area contributed by atoms with Gasteiger partial charge in [-0.05, 0) is 12.1 Å². The van der Waals surface area contributed by atoms with Crippen molar-refractivity contribution in [2.45, 2.75) is 19.4 Å². The molecule has 6 nitrogen and oxygen atoms in total. The van der Waals surface area contributed by atoms with Gasteiger partial charge < -0.3 is 10.1 Å². The van der Waals surface area contributed by atoms with Gasteiger partial charge in [0.1, 0.15) is 11.7 Å². The van der Waals surface area contributed by atoms with E-state index in [0.29, 0.717) is 5.52 Å². The Morgan fingerprint density at radius 2 is 2.04 bits per heavy atom. The average Bonchev–Trinajstić information content (AvgIpc) is 2.58. The number of methoxy groups -OCH3 is 1. The molecule has 1 N–H and O–H groups in total. The molecule has 23 heavy (non-hydrogen) atoms. The molecule has 1 aromatic carbocycles. The second-order valence-corrected chi connectivity index (χ2v) is 5.20. The van der Waals surface area contributed by atoms with Crippen LogP contribution < -0.4 is 5.32 Å². The molecule has 118 valence electrons. The van der Waals surface area contributed by atoms with Gasteiger partial charge in [0.15, 0.2) is 0 Å². The van der Waals surface area contributed by atoms with Crippen LogP contribution in [0, 0.1) is 17.2 Å². The highest BCUT2D eigenvalue weighted by atomic mass is 16.5. The number of para-hydroxylation sites is 1. The van der Waals surface area contributed by atoms with E-state index in [4.69, 9.17) is 10.00 Å². The summed E-state index contributed by atoms with van der Waals surface area (Å²) in [6.45, 7) is 1.71. The van der Waals surface area contributed by atoms with Gasteiger partial charge in [-0.1, -0.05) is 31.2 Å². The first kappa shape index (κ1) is 16.4. The molecular formula is C17H17N3O3. The molecule has 0 saturated carbocycles. The van der Waals surface area contributed by atoms with Gasteiger partial charge in [0.2, 0.25) is 0 Å². The van der Waals surface area contributed by atoms with Crippen LogP contribution in [0.25, 0.3) is 10.9 Å². The monoisotopic (exact) mass is 311 g/mol. The van der Waals surface area contributed by atoms with E-state index >= 15 is 0 Å². The van der Waals surface area contributed by atoms with E-state index in [1.54, 1.807) is 19.1 Å². The number of fused-ring (bicyclic) bond motifs is 1. The van der Waals surface area contributed by atoms with Crippen LogP contribution in [0.4, 0.5) is 0 Å². The normalized spacial score (nSPS) is 12.9. The number of hydrogen-bond acceptors (Lipinski definition) is 5. The van der Waals surface area contributed by atoms with Gasteiger partial charge in [-0.2, -0.15) is 5.26 Å². The van der Waals surface area contributed by atoms with Gasteiger partial charge in [-0.3, -0.25) is 4.79 Å². The molecule has 0 aliphatic carbocycles. The number of carbonyl (C=O) groups is 2. The van der Waals surface area contributed by atoms with E-state index < -0.39 is 17.9 Å². The average molecular weight is 311 g/mol. The van der Waals surface area contributed by atoms with Crippen LogP contribution in [0.5, 0.6) is 0 Å². The summed E-state index contributed by atoms with van der Waals surface area (Å²) in [5.74, 6) is -1.42. The smallest absolute Gasteiger partial charge is 0.328 e. The lowest BCUT2D eigenvalue weighted by Gasteiger charge is -2.20. The Morgan fingerprint density at radius 3 is 2.74 bits per heavy atom. The number of nitrogens with one attached hydrogen (secondary N) is 1. The van der Waals surface area contributed by atoms with Crippen molar-refractivity contribution < 1.29 is 14.3 Å². The molecule has 0 spiro atoms. The predicted octanol–water partition coefficient (Wildman–Crippen LogP) is 2.06. The Labute approximate surface area is 134 Å². The van der Waals surface area contributed by atoms with Crippen LogP contribution >= 0.6 is 0 Å². The van der Waals surface area contributed by atoms with Crippen LogP contribution in [0.3, 0.4) is 0 Å². The van der Waals surface area contributed by atoms with E-state index in [9.17, 15) is 9.59 Å². The zero-order chi connectivity index (χ0) is 16.8. The fourth-order valence-electron chi connectivity index (χ4n) is 2.23. The molecule has 1 amide bonds. The minimum absolute atomic E-state index is 0.130. The number of carbonyl (C=O) groups excluding carboxylic acids is 2. The van der Waals surface area contributed by atoms with Crippen molar-refractivity contribution in [3.05, 3.63) is 42.1 Å². The van der Waals surface area contributed by atoms with Gasteiger partial charge in [0, 0.05) is 17.7 Å². The van der Waals surface area contributed by atoms with E-state index in [-0.39, 0.29) is 18.0 Å². The van der Waals surface area contributed by atoms with Crippen molar-refractivity contribution in [2.75, 3.05) is 7.11 Å². The predicted molar refractivity (Wildman–Crippen MR) is 84.4 cm³/mol. The molecule has 0 fully saturated rings. The molecular weight excluding hydrogens is 294 g/mol. The number of esters is 1. The minimum atomic E-state index is -0.888. The lowest BCUT2D eigenvalue weighted by Crippen LogP contribution is -2.46. The number of benzene rings is 1. The number of amides is 1.